The van der Waals surface area contributed by atoms with E-state index in [2.05, 4.69) is 5.32 Å². The molecule has 102 valence electrons. The molecule has 1 N–H and O–H groups in total. The Morgan fingerprint density at radius 2 is 2.28 bits per heavy atom. The molecule has 0 aromatic heterocycles. The van der Waals surface area contributed by atoms with Crippen molar-refractivity contribution in [3.8, 4) is 0 Å². The molecule has 2 amide bonds. The van der Waals surface area contributed by atoms with E-state index in [-0.39, 0.29) is 23.9 Å². The van der Waals surface area contributed by atoms with Gasteiger partial charge in [0.15, 0.2) is 0 Å². The second kappa shape index (κ2) is 6.18. The van der Waals surface area contributed by atoms with Gasteiger partial charge in [0.25, 0.3) is 0 Å². The molecule has 2 heterocycles. The van der Waals surface area contributed by atoms with Crippen LogP contribution in [0.1, 0.15) is 39.0 Å². The van der Waals surface area contributed by atoms with Crippen LogP contribution in [-0.4, -0.2) is 48.6 Å². The van der Waals surface area contributed by atoms with Crippen molar-refractivity contribution in [3.63, 3.8) is 0 Å². The SMILES string of the molecule is CCCC1NC(=O)CCN(C2CCCOC2)C1=O. The van der Waals surface area contributed by atoms with Gasteiger partial charge in [0.05, 0.1) is 12.6 Å². The molecule has 2 atom stereocenters. The summed E-state index contributed by atoms with van der Waals surface area (Å²) in [6, 6.07) is -0.190. The van der Waals surface area contributed by atoms with Gasteiger partial charge in [-0.15, -0.1) is 0 Å². The molecular weight excluding hydrogens is 232 g/mol. The van der Waals surface area contributed by atoms with Crippen LogP contribution in [0, 0.1) is 0 Å². The Labute approximate surface area is 108 Å². The minimum Gasteiger partial charge on any atom is -0.379 e. The second-order valence-electron chi connectivity index (χ2n) is 5.06. The Morgan fingerprint density at radius 1 is 1.44 bits per heavy atom. The van der Waals surface area contributed by atoms with Gasteiger partial charge in [0, 0.05) is 19.6 Å². The van der Waals surface area contributed by atoms with Crippen LogP contribution >= 0.6 is 0 Å². The highest BCUT2D eigenvalue weighted by molar-refractivity contribution is 5.90. The van der Waals surface area contributed by atoms with E-state index in [1.807, 2.05) is 11.8 Å². The van der Waals surface area contributed by atoms with Gasteiger partial charge in [-0.25, -0.2) is 0 Å². The molecular formula is C13H22N2O3. The monoisotopic (exact) mass is 254 g/mol. The first-order valence-corrected chi connectivity index (χ1v) is 6.90. The van der Waals surface area contributed by atoms with E-state index in [0.29, 0.717) is 26.0 Å². The molecule has 5 nitrogen and oxygen atoms in total. The van der Waals surface area contributed by atoms with Crippen LogP contribution in [0.25, 0.3) is 0 Å². The molecule has 0 bridgehead atoms. The minimum atomic E-state index is -0.341. The van der Waals surface area contributed by atoms with Crippen molar-refractivity contribution in [2.75, 3.05) is 19.8 Å². The lowest BCUT2D eigenvalue weighted by Gasteiger charge is -2.34. The number of carbonyl (C=O) groups excluding carboxylic acids is 2. The number of ether oxygens (including phenoxy) is 1. The molecule has 0 radical (unpaired) electrons. The quantitative estimate of drug-likeness (QED) is 0.806. The average molecular weight is 254 g/mol. The van der Waals surface area contributed by atoms with Crippen molar-refractivity contribution in [2.24, 2.45) is 0 Å². The smallest absolute Gasteiger partial charge is 0.245 e. The van der Waals surface area contributed by atoms with Crippen LogP contribution in [0.3, 0.4) is 0 Å². The third-order valence-electron chi connectivity index (χ3n) is 3.65. The zero-order valence-corrected chi connectivity index (χ0v) is 11.0. The number of hydrogen-bond acceptors (Lipinski definition) is 3. The molecule has 2 rings (SSSR count). The maximum Gasteiger partial charge on any atom is 0.245 e. The van der Waals surface area contributed by atoms with E-state index in [0.717, 1.165) is 25.9 Å². The van der Waals surface area contributed by atoms with Crippen LogP contribution in [-0.2, 0) is 14.3 Å². The minimum absolute atomic E-state index is 0.0129. The van der Waals surface area contributed by atoms with Crippen LogP contribution in [0.5, 0.6) is 0 Å². The number of carbonyl (C=O) groups is 2. The Morgan fingerprint density at radius 3 is 2.94 bits per heavy atom. The van der Waals surface area contributed by atoms with Crippen molar-refractivity contribution in [1.82, 2.24) is 10.2 Å². The summed E-state index contributed by atoms with van der Waals surface area (Å²) < 4.78 is 5.45. The van der Waals surface area contributed by atoms with Crippen LogP contribution in [0.2, 0.25) is 0 Å². The highest BCUT2D eigenvalue weighted by Crippen LogP contribution is 2.18. The number of nitrogens with zero attached hydrogens (tertiary/aromatic N) is 1. The van der Waals surface area contributed by atoms with Gasteiger partial charge in [0.2, 0.25) is 11.8 Å². The van der Waals surface area contributed by atoms with E-state index in [1.54, 1.807) is 0 Å². The zero-order chi connectivity index (χ0) is 13.0. The molecule has 5 heteroatoms. The Kier molecular flexibility index (Phi) is 4.58. The average Bonchev–Trinajstić information content (AvgIpc) is 2.52. The number of rotatable bonds is 3. The van der Waals surface area contributed by atoms with Crippen molar-refractivity contribution in [3.05, 3.63) is 0 Å². The van der Waals surface area contributed by atoms with Gasteiger partial charge >= 0.3 is 0 Å². The maximum atomic E-state index is 12.4. The molecule has 0 spiro atoms. The van der Waals surface area contributed by atoms with Crippen LogP contribution in [0.15, 0.2) is 0 Å². The fraction of sp³-hybridized carbons (Fsp3) is 0.846. The molecule has 0 aromatic rings. The Bertz CT molecular complexity index is 313. The first-order valence-electron chi connectivity index (χ1n) is 6.90. The summed E-state index contributed by atoms with van der Waals surface area (Å²) in [5, 5.41) is 2.83. The van der Waals surface area contributed by atoms with Crippen molar-refractivity contribution >= 4 is 11.8 Å². The summed E-state index contributed by atoms with van der Waals surface area (Å²) >= 11 is 0. The van der Waals surface area contributed by atoms with Crippen molar-refractivity contribution in [2.45, 2.75) is 51.1 Å². The fourth-order valence-electron chi connectivity index (χ4n) is 2.68. The number of hydrogen-bond donors (Lipinski definition) is 1. The number of amides is 2. The van der Waals surface area contributed by atoms with Gasteiger partial charge in [-0.1, -0.05) is 13.3 Å². The normalized spacial score (nSPS) is 29.9. The standard InChI is InChI=1S/C13H22N2O3/c1-2-4-11-13(17)15(7-6-12(16)14-11)10-5-3-8-18-9-10/h10-11H,2-9H2,1H3,(H,14,16). The summed E-state index contributed by atoms with van der Waals surface area (Å²) in [6.07, 6.45) is 4.00. The predicted molar refractivity (Wildman–Crippen MR) is 67.0 cm³/mol. The van der Waals surface area contributed by atoms with Crippen LogP contribution in [0.4, 0.5) is 0 Å². The summed E-state index contributed by atoms with van der Waals surface area (Å²) in [7, 11) is 0. The van der Waals surface area contributed by atoms with E-state index in [9.17, 15) is 9.59 Å². The van der Waals surface area contributed by atoms with Gasteiger partial charge < -0.3 is 15.0 Å². The lowest BCUT2D eigenvalue weighted by Crippen LogP contribution is -2.50. The predicted octanol–water partition coefficient (Wildman–Crippen LogP) is 0.683. The zero-order valence-electron chi connectivity index (χ0n) is 11.0. The van der Waals surface area contributed by atoms with Gasteiger partial charge in [-0.3, -0.25) is 9.59 Å². The molecule has 0 aromatic carbocycles. The largest absolute Gasteiger partial charge is 0.379 e. The van der Waals surface area contributed by atoms with E-state index in [4.69, 9.17) is 4.74 Å². The third-order valence-corrected chi connectivity index (χ3v) is 3.65. The van der Waals surface area contributed by atoms with E-state index in [1.165, 1.54) is 0 Å². The Balaban J connectivity index is 2.07. The van der Waals surface area contributed by atoms with Crippen molar-refractivity contribution < 1.29 is 14.3 Å². The second-order valence-corrected chi connectivity index (χ2v) is 5.06. The maximum absolute atomic E-state index is 12.4. The van der Waals surface area contributed by atoms with Gasteiger partial charge in [-0.05, 0) is 19.3 Å². The van der Waals surface area contributed by atoms with Gasteiger partial charge in [0.1, 0.15) is 6.04 Å². The molecule has 2 unspecified atom stereocenters. The molecule has 0 aliphatic carbocycles. The van der Waals surface area contributed by atoms with E-state index >= 15 is 0 Å². The molecule has 2 saturated heterocycles. The van der Waals surface area contributed by atoms with Crippen molar-refractivity contribution in [1.29, 1.82) is 0 Å². The molecule has 0 saturated carbocycles. The topological polar surface area (TPSA) is 58.6 Å². The summed E-state index contributed by atoms with van der Waals surface area (Å²) in [5.74, 6) is 0.0548. The first kappa shape index (κ1) is 13.3. The highest BCUT2D eigenvalue weighted by Gasteiger charge is 2.33. The van der Waals surface area contributed by atoms with Crippen LogP contribution < -0.4 is 5.32 Å². The van der Waals surface area contributed by atoms with Gasteiger partial charge in [-0.2, -0.15) is 0 Å². The molecule has 2 aliphatic rings. The summed E-state index contributed by atoms with van der Waals surface area (Å²) in [4.78, 5) is 25.9. The summed E-state index contributed by atoms with van der Waals surface area (Å²) in [6.45, 7) is 3.95. The lowest BCUT2D eigenvalue weighted by molar-refractivity contribution is -0.138. The molecule has 2 aliphatic heterocycles. The Hall–Kier alpha value is -1.10. The summed E-state index contributed by atoms with van der Waals surface area (Å²) in [5.41, 5.74) is 0. The number of nitrogens with one attached hydrogen (secondary N) is 1. The van der Waals surface area contributed by atoms with E-state index < -0.39 is 0 Å². The lowest BCUT2D eigenvalue weighted by atomic mass is 10.1. The molecule has 2 fully saturated rings. The molecule has 18 heavy (non-hydrogen) atoms. The fourth-order valence-corrected chi connectivity index (χ4v) is 2.68. The third kappa shape index (κ3) is 3.02. The first-order chi connectivity index (χ1) is 8.72. The highest BCUT2D eigenvalue weighted by atomic mass is 16.5.